The molecule has 254 valence electrons. The molecule has 1 unspecified atom stereocenters. The quantitative estimate of drug-likeness (QED) is 0.112. The Labute approximate surface area is 276 Å². The molecule has 1 N–H and O–H groups in total. The summed E-state index contributed by atoms with van der Waals surface area (Å²) in [6.45, 7) is 3.34. The Morgan fingerprint density at radius 2 is 1.50 bits per heavy atom. The molecule has 4 rings (SSSR count). The van der Waals surface area contributed by atoms with Crippen molar-refractivity contribution in [3.63, 3.8) is 0 Å². The first kappa shape index (κ1) is 35.8. The lowest BCUT2D eigenvalue weighted by atomic mass is 9.84. The number of rotatable bonds is 13. The lowest BCUT2D eigenvalue weighted by Crippen LogP contribution is -2.59. The largest absolute Gasteiger partial charge is 0.459 e. The number of hydrogen-bond donors (Lipinski definition) is 1. The maximum atomic E-state index is 13.7. The zero-order valence-corrected chi connectivity index (χ0v) is 26.6. The molecule has 1 heterocycles. The number of azide groups is 3. The molecule has 0 spiro atoms. The summed E-state index contributed by atoms with van der Waals surface area (Å²) in [5.74, 6) is -0.734. The van der Waals surface area contributed by atoms with E-state index >= 15 is 0 Å². The van der Waals surface area contributed by atoms with Gasteiger partial charge in [-0.25, -0.2) is 4.79 Å². The fourth-order valence-electron chi connectivity index (χ4n) is 6.15. The molecule has 0 bridgehead atoms. The fourth-order valence-corrected chi connectivity index (χ4v) is 6.15. The van der Waals surface area contributed by atoms with Crippen molar-refractivity contribution in [1.29, 1.82) is 0 Å². The van der Waals surface area contributed by atoms with Crippen molar-refractivity contribution in [2.75, 3.05) is 0 Å². The average molecular weight is 663 g/mol. The second-order valence-corrected chi connectivity index (χ2v) is 11.5. The van der Waals surface area contributed by atoms with Crippen molar-refractivity contribution in [2.24, 2.45) is 15.3 Å². The van der Waals surface area contributed by atoms with Gasteiger partial charge in [-0.15, -0.1) is 0 Å². The van der Waals surface area contributed by atoms with Crippen LogP contribution in [-0.2, 0) is 36.9 Å². The van der Waals surface area contributed by atoms with Gasteiger partial charge in [-0.2, -0.15) is 0 Å². The van der Waals surface area contributed by atoms with E-state index in [4.69, 9.17) is 24.5 Å². The molecule has 17 heteroatoms. The van der Waals surface area contributed by atoms with E-state index in [1.165, 1.54) is 0 Å². The van der Waals surface area contributed by atoms with E-state index in [1.54, 1.807) is 4.90 Å². The number of amides is 1. The predicted molar refractivity (Wildman–Crippen MR) is 170 cm³/mol. The molecule has 1 saturated carbocycles. The third-order valence-corrected chi connectivity index (χ3v) is 8.36. The highest BCUT2D eigenvalue weighted by molar-refractivity contribution is 5.68. The molecule has 0 aromatic heterocycles. The van der Waals surface area contributed by atoms with Crippen LogP contribution in [0.25, 0.3) is 31.3 Å². The molecule has 17 nitrogen and oxygen atoms in total. The number of ether oxygens (including phenoxy) is 4. The summed E-state index contributed by atoms with van der Waals surface area (Å²) < 4.78 is 23.7. The van der Waals surface area contributed by atoms with Gasteiger partial charge in [0.05, 0.1) is 36.4 Å². The van der Waals surface area contributed by atoms with Crippen LogP contribution in [0, 0.1) is 0 Å². The van der Waals surface area contributed by atoms with E-state index in [9.17, 15) is 25.8 Å². The summed E-state index contributed by atoms with van der Waals surface area (Å²) in [5.41, 5.74) is 29.4. The first-order valence-electron chi connectivity index (χ1n) is 15.6. The Bertz CT molecular complexity index is 1520. The highest BCUT2D eigenvalue weighted by Gasteiger charge is 2.49. The van der Waals surface area contributed by atoms with E-state index in [0.29, 0.717) is 19.3 Å². The molecule has 48 heavy (non-hydrogen) atoms. The van der Waals surface area contributed by atoms with Crippen molar-refractivity contribution >= 4 is 12.1 Å². The number of carbonyl (C=O) groups is 2. The molecule has 1 aliphatic carbocycles. The first-order chi connectivity index (χ1) is 23.3. The monoisotopic (exact) mass is 662 g/mol. The first-order valence-corrected chi connectivity index (χ1v) is 15.6. The molecule has 2 aliphatic rings. The molecule has 2 fully saturated rings. The van der Waals surface area contributed by atoms with Crippen LogP contribution < -0.4 is 0 Å². The zero-order chi connectivity index (χ0) is 34.5. The normalized spacial score (nSPS) is 27.1. The SMILES string of the molecule is CC[C@@H]([C@@H]1CC[C@@H](N=[N+]=[N-])[C@@H](O[C@H]2[C@H](O)[C@@H](OC(C)=O)C(N=[N+]=[N-])C[C@@H]2N=[N+]=[N-])O1)N(Cc1ccccc1)C(=O)OCc1ccccc1. The lowest BCUT2D eigenvalue weighted by Gasteiger charge is -2.45. The Balaban J connectivity index is 1.61. The summed E-state index contributed by atoms with van der Waals surface area (Å²) in [7, 11) is 0. The summed E-state index contributed by atoms with van der Waals surface area (Å²) in [4.78, 5) is 35.7. The van der Waals surface area contributed by atoms with E-state index in [1.807, 2.05) is 67.6 Å². The van der Waals surface area contributed by atoms with Gasteiger partial charge in [-0.3, -0.25) is 9.69 Å². The van der Waals surface area contributed by atoms with Gasteiger partial charge in [0.1, 0.15) is 18.8 Å². The van der Waals surface area contributed by atoms with Gasteiger partial charge in [0, 0.05) is 28.2 Å². The number of carbonyl (C=O) groups excluding carboxylic acids is 2. The van der Waals surface area contributed by atoms with Crippen LogP contribution in [0.1, 0.15) is 50.7 Å². The second kappa shape index (κ2) is 17.8. The van der Waals surface area contributed by atoms with Crippen LogP contribution in [0.15, 0.2) is 76.0 Å². The van der Waals surface area contributed by atoms with Gasteiger partial charge in [-0.05, 0) is 53.4 Å². The number of benzene rings is 2. The van der Waals surface area contributed by atoms with Crippen molar-refractivity contribution in [3.8, 4) is 0 Å². The third kappa shape index (κ3) is 9.29. The lowest BCUT2D eigenvalue weighted by molar-refractivity contribution is -0.261. The van der Waals surface area contributed by atoms with Crippen molar-refractivity contribution in [3.05, 3.63) is 103 Å². The van der Waals surface area contributed by atoms with Gasteiger partial charge in [0.15, 0.2) is 6.29 Å². The number of aliphatic hydroxyl groups is 1. The van der Waals surface area contributed by atoms with Crippen LogP contribution in [0.3, 0.4) is 0 Å². The number of aliphatic hydroxyl groups excluding tert-OH is 1. The number of nitrogens with zero attached hydrogens (tertiary/aromatic N) is 10. The predicted octanol–water partition coefficient (Wildman–Crippen LogP) is 6.23. The molecule has 1 saturated heterocycles. The molecule has 0 radical (unpaired) electrons. The molecular weight excluding hydrogens is 624 g/mol. The summed E-state index contributed by atoms with van der Waals surface area (Å²) >= 11 is 0. The second-order valence-electron chi connectivity index (χ2n) is 11.5. The van der Waals surface area contributed by atoms with Crippen LogP contribution in [0.5, 0.6) is 0 Å². The highest BCUT2D eigenvalue weighted by Crippen LogP contribution is 2.35. The van der Waals surface area contributed by atoms with E-state index in [-0.39, 0.29) is 19.6 Å². The maximum Gasteiger partial charge on any atom is 0.410 e. The van der Waals surface area contributed by atoms with Gasteiger partial charge >= 0.3 is 12.1 Å². The van der Waals surface area contributed by atoms with E-state index < -0.39 is 66.9 Å². The Morgan fingerprint density at radius 3 is 2.08 bits per heavy atom. The van der Waals surface area contributed by atoms with Crippen LogP contribution in [-0.4, -0.2) is 76.9 Å². The standard InChI is InChI=1S/C31H38N10O7/c1-3-25(41(17-20-10-6-4-7-11-20)31(44)45-18-21-12-8-5-9-13-21)26-15-14-22(35-38-32)30(47-26)48-29-24(37-40-34)16-23(36-39-33)28(27(29)43)46-19(2)42/h4-13,22-30,43H,3,14-18H2,1-2H3/t22-,23?,24+,25+,26+,27-,28+,29-,30-/m1/s1. The van der Waals surface area contributed by atoms with Crippen LogP contribution in [0.4, 0.5) is 4.79 Å². The van der Waals surface area contributed by atoms with Gasteiger partial charge in [0.2, 0.25) is 0 Å². The number of esters is 1. The smallest absolute Gasteiger partial charge is 0.410 e. The molecule has 2 aromatic rings. The molecule has 9 atom stereocenters. The van der Waals surface area contributed by atoms with Gasteiger partial charge in [-0.1, -0.05) is 82.9 Å². The van der Waals surface area contributed by atoms with Crippen molar-refractivity contribution in [2.45, 2.75) is 108 Å². The maximum absolute atomic E-state index is 13.7. The van der Waals surface area contributed by atoms with Crippen molar-refractivity contribution < 1.29 is 33.6 Å². The minimum atomic E-state index is -1.60. The van der Waals surface area contributed by atoms with Gasteiger partial charge < -0.3 is 24.1 Å². The van der Waals surface area contributed by atoms with E-state index in [0.717, 1.165) is 18.1 Å². The third-order valence-electron chi connectivity index (χ3n) is 8.36. The summed E-state index contributed by atoms with van der Waals surface area (Å²) in [6.07, 6.45) is -5.59. The molecule has 1 amide bonds. The molecule has 1 aliphatic heterocycles. The molecule has 2 aromatic carbocycles. The van der Waals surface area contributed by atoms with Crippen LogP contribution in [0.2, 0.25) is 0 Å². The number of hydrogen-bond acceptors (Lipinski definition) is 10. The topological polar surface area (TPSA) is 241 Å². The summed E-state index contributed by atoms with van der Waals surface area (Å²) in [5, 5.41) is 22.6. The van der Waals surface area contributed by atoms with Crippen molar-refractivity contribution in [1.82, 2.24) is 4.90 Å². The minimum absolute atomic E-state index is 0.0678. The van der Waals surface area contributed by atoms with E-state index in [2.05, 4.69) is 30.1 Å². The highest BCUT2D eigenvalue weighted by atomic mass is 16.7. The van der Waals surface area contributed by atoms with Gasteiger partial charge in [0.25, 0.3) is 0 Å². The summed E-state index contributed by atoms with van der Waals surface area (Å²) in [6, 6.07) is 15.3. The Morgan fingerprint density at radius 1 is 0.917 bits per heavy atom. The molecular formula is C31H38N10O7. The van der Waals surface area contributed by atoms with Crippen LogP contribution >= 0.6 is 0 Å². The average Bonchev–Trinajstić information content (AvgIpc) is 3.09. The zero-order valence-electron chi connectivity index (χ0n) is 26.6. The minimum Gasteiger partial charge on any atom is -0.459 e. The Kier molecular flexibility index (Phi) is 13.3. The Hall–Kier alpha value is -5.01. The fraction of sp³-hybridized carbons (Fsp3) is 0.548.